The van der Waals surface area contributed by atoms with Gasteiger partial charge >= 0.3 is 0 Å². The lowest BCUT2D eigenvalue weighted by molar-refractivity contribution is 0.641. The van der Waals surface area contributed by atoms with Gasteiger partial charge in [0, 0.05) is 23.3 Å². The Labute approximate surface area is 112 Å². The minimum absolute atomic E-state index is 0.212. The first-order chi connectivity index (χ1) is 8.79. The molecule has 0 aliphatic rings. The topological polar surface area (TPSA) is 51.8 Å². The van der Waals surface area contributed by atoms with E-state index >= 15 is 0 Å². The van der Waals surface area contributed by atoms with E-state index in [1.165, 1.54) is 10.5 Å². The van der Waals surface area contributed by atoms with Gasteiger partial charge in [-0.2, -0.15) is 0 Å². The fourth-order valence-electron chi connectivity index (χ4n) is 1.64. The minimum atomic E-state index is 0.212. The Morgan fingerprint density at radius 1 is 1.17 bits per heavy atom. The van der Waals surface area contributed by atoms with Crippen LogP contribution in [-0.4, -0.2) is 16.0 Å². The highest BCUT2D eigenvalue weighted by atomic mass is 32.2. The van der Waals surface area contributed by atoms with Crippen LogP contribution in [0.2, 0.25) is 0 Å². The summed E-state index contributed by atoms with van der Waals surface area (Å²) in [6, 6.07) is 10.3. The van der Waals surface area contributed by atoms with Crippen LogP contribution in [-0.2, 0) is 6.42 Å². The lowest BCUT2D eigenvalue weighted by atomic mass is 10.1. The minimum Gasteiger partial charge on any atom is -0.327 e. The molecule has 0 radical (unpaired) electrons. The Morgan fingerprint density at radius 3 is 2.61 bits per heavy atom. The zero-order valence-electron chi connectivity index (χ0n) is 10.4. The third-order valence-corrected chi connectivity index (χ3v) is 3.73. The van der Waals surface area contributed by atoms with Crippen molar-refractivity contribution in [2.24, 2.45) is 5.73 Å². The second-order valence-corrected chi connectivity index (χ2v) is 5.12. The summed E-state index contributed by atoms with van der Waals surface area (Å²) in [4.78, 5) is 9.66. The van der Waals surface area contributed by atoms with E-state index in [0.717, 1.165) is 18.0 Å². The van der Waals surface area contributed by atoms with Crippen molar-refractivity contribution in [2.45, 2.75) is 35.9 Å². The summed E-state index contributed by atoms with van der Waals surface area (Å²) in [6.07, 6.45) is 5.40. The summed E-state index contributed by atoms with van der Waals surface area (Å²) in [7, 11) is 0. The second kappa shape index (κ2) is 6.52. The van der Waals surface area contributed by atoms with E-state index in [2.05, 4.69) is 29.0 Å². The molecule has 1 aromatic heterocycles. The van der Waals surface area contributed by atoms with Crippen molar-refractivity contribution in [3.63, 3.8) is 0 Å². The van der Waals surface area contributed by atoms with Crippen LogP contribution in [0.1, 0.15) is 18.9 Å². The standard InChI is InChI=1S/C14H17N3S/c1-2-12(15)10-11-6-3-4-7-13(11)18-14-16-8-5-9-17-14/h3-9,12H,2,10,15H2,1H3. The molecule has 1 aromatic carbocycles. The second-order valence-electron chi connectivity index (χ2n) is 4.11. The van der Waals surface area contributed by atoms with Gasteiger partial charge in [0.05, 0.1) is 0 Å². The number of rotatable bonds is 5. The van der Waals surface area contributed by atoms with Crippen LogP contribution in [0.3, 0.4) is 0 Å². The molecule has 94 valence electrons. The third kappa shape index (κ3) is 3.55. The van der Waals surface area contributed by atoms with E-state index < -0.39 is 0 Å². The molecule has 1 unspecified atom stereocenters. The molecular weight excluding hydrogens is 242 g/mol. The Bertz CT molecular complexity index is 487. The maximum Gasteiger partial charge on any atom is 0.192 e. The summed E-state index contributed by atoms with van der Waals surface area (Å²) in [5, 5.41) is 0.773. The summed E-state index contributed by atoms with van der Waals surface area (Å²) >= 11 is 1.59. The molecule has 0 saturated carbocycles. The SMILES string of the molecule is CCC(N)Cc1ccccc1Sc1ncccn1. The first kappa shape index (κ1) is 13.1. The van der Waals surface area contributed by atoms with Crippen molar-refractivity contribution in [1.82, 2.24) is 9.97 Å². The average molecular weight is 259 g/mol. The predicted octanol–water partition coefficient (Wildman–Crippen LogP) is 2.91. The van der Waals surface area contributed by atoms with E-state index in [9.17, 15) is 0 Å². The van der Waals surface area contributed by atoms with E-state index in [1.807, 2.05) is 18.2 Å². The highest BCUT2D eigenvalue weighted by Gasteiger charge is 2.08. The Balaban J connectivity index is 2.17. The van der Waals surface area contributed by atoms with Gasteiger partial charge in [0.1, 0.15) is 0 Å². The largest absolute Gasteiger partial charge is 0.327 e. The first-order valence-corrected chi connectivity index (χ1v) is 6.89. The number of benzene rings is 1. The van der Waals surface area contributed by atoms with Crippen LogP contribution in [0.15, 0.2) is 52.8 Å². The van der Waals surface area contributed by atoms with Crippen LogP contribution in [0.4, 0.5) is 0 Å². The molecule has 0 bridgehead atoms. The predicted molar refractivity (Wildman–Crippen MR) is 74.6 cm³/mol. The van der Waals surface area contributed by atoms with E-state index in [4.69, 9.17) is 5.73 Å². The van der Waals surface area contributed by atoms with Crippen molar-refractivity contribution in [1.29, 1.82) is 0 Å². The summed E-state index contributed by atoms with van der Waals surface area (Å²) in [5.74, 6) is 0. The fourth-order valence-corrected chi connectivity index (χ4v) is 2.49. The summed E-state index contributed by atoms with van der Waals surface area (Å²) < 4.78 is 0. The highest BCUT2D eigenvalue weighted by Crippen LogP contribution is 2.28. The third-order valence-electron chi connectivity index (χ3n) is 2.72. The Morgan fingerprint density at radius 2 is 1.89 bits per heavy atom. The molecule has 4 heteroatoms. The van der Waals surface area contributed by atoms with Gasteiger partial charge in [0.2, 0.25) is 0 Å². The maximum absolute atomic E-state index is 6.03. The van der Waals surface area contributed by atoms with Crippen molar-refractivity contribution in [3.05, 3.63) is 48.3 Å². The molecular formula is C14H17N3S. The number of aromatic nitrogens is 2. The van der Waals surface area contributed by atoms with Crippen LogP contribution >= 0.6 is 11.8 Å². The molecule has 0 saturated heterocycles. The Hall–Kier alpha value is -1.39. The van der Waals surface area contributed by atoms with Crippen LogP contribution < -0.4 is 5.73 Å². The maximum atomic E-state index is 6.03. The molecule has 3 nitrogen and oxygen atoms in total. The first-order valence-electron chi connectivity index (χ1n) is 6.08. The van der Waals surface area contributed by atoms with Gasteiger partial charge in [-0.25, -0.2) is 9.97 Å². The van der Waals surface area contributed by atoms with Crippen molar-refractivity contribution in [3.8, 4) is 0 Å². The number of hydrogen-bond donors (Lipinski definition) is 1. The van der Waals surface area contributed by atoms with Gasteiger partial charge in [-0.3, -0.25) is 0 Å². The molecule has 0 spiro atoms. The quantitative estimate of drug-likeness (QED) is 0.839. The normalized spacial score (nSPS) is 12.3. The smallest absolute Gasteiger partial charge is 0.192 e. The highest BCUT2D eigenvalue weighted by molar-refractivity contribution is 7.99. The number of nitrogens with zero attached hydrogens (tertiary/aromatic N) is 2. The van der Waals surface area contributed by atoms with Crippen LogP contribution in [0.25, 0.3) is 0 Å². The van der Waals surface area contributed by atoms with Crippen LogP contribution in [0.5, 0.6) is 0 Å². The van der Waals surface area contributed by atoms with E-state index in [0.29, 0.717) is 0 Å². The van der Waals surface area contributed by atoms with Gasteiger partial charge < -0.3 is 5.73 Å². The van der Waals surface area contributed by atoms with E-state index in [-0.39, 0.29) is 6.04 Å². The molecule has 1 atom stereocenters. The molecule has 0 aliphatic carbocycles. The fraction of sp³-hybridized carbons (Fsp3) is 0.286. The van der Waals surface area contributed by atoms with E-state index in [1.54, 1.807) is 24.2 Å². The lowest BCUT2D eigenvalue weighted by Gasteiger charge is -2.12. The lowest BCUT2D eigenvalue weighted by Crippen LogP contribution is -2.21. The van der Waals surface area contributed by atoms with Gasteiger partial charge in [0.15, 0.2) is 5.16 Å². The summed E-state index contributed by atoms with van der Waals surface area (Å²) in [5.41, 5.74) is 7.29. The molecule has 2 aromatic rings. The monoisotopic (exact) mass is 259 g/mol. The summed E-state index contributed by atoms with van der Waals surface area (Å²) in [6.45, 7) is 2.11. The molecule has 18 heavy (non-hydrogen) atoms. The molecule has 2 rings (SSSR count). The van der Waals surface area contributed by atoms with Gasteiger partial charge in [-0.15, -0.1) is 0 Å². The average Bonchev–Trinajstić information content (AvgIpc) is 2.42. The molecule has 0 amide bonds. The van der Waals surface area contributed by atoms with Crippen molar-refractivity contribution < 1.29 is 0 Å². The van der Waals surface area contributed by atoms with Crippen LogP contribution in [0, 0.1) is 0 Å². The molecule has 1 heterocycles. The zero-order chi connectivity index (χ0) is 12.8. The molecule has 0 fully saturated rings. The molecule has 2 N–H and O–H groups in total. The molecule has 0 aliphatic heterocycles. The van der Waals surface area contributed by atoms with Gasteiger partial charge in [0.25, 0.3) is 0 Å². The number of nitrogens with two attached hydrogens (primary N) is 1. The van der Waals surface area contributed by atoms with Gasteiger partial charge in [-0.1, -0.05) is 25.1 Å². The Kier molecular flexibility index (Phi) is 4.73. The van der Waals surface area contributed by atoms with Crippen molar-refractivity contribution in [2.75, 3.05) is 0 Å². The zero-order valence-corrected chi connectivity index (χ0v) is 11.2. The van der Waals surface area contributed by atoms with Crippen molar-refractivity contribution >= 4 is 11.8 Å². The number of hydrogen-bond acceptors (Lipinski definition) is 4. The van der Waals surface area contributed by atoms with Gasteiger partial charge in [-0.05, 0) is 42.3 Å².